The lowest BCUT2D eigenvalue weighted by Crippen LogP contribution is -2.44. The van der Waals surface area contributed by atoms with Crippen molar-refractivity contribution in [2.24, 2.45) is 16.9 Å². The van der Waals surface area contributed by atoms with Gasteiger partial charge in [-0.15, -0.1) is 0 Å². The Labute approximate surface area is 219 Å². The predicted octanol–water partition coefficient (Wildman–Crippen LogP) is 8.03. The van der Waals surface area contributed by atoms with Gasteiger partial charge in [-0.1, -0.05) is 55.0 Å². The molecule has 1 aliphatic rings. The van der Waals surface area contributed by atoms with Gasteiger partial charge in [-0.2, -0.15) is 5.10 Å². The molecule has 0 bridgehead atoms. The largest absolute Gasteiger partial charge is 0.417 e. The van der Waals surface area contributed by atoms with Crippen molar-refractivity contribution in [3.05, 3.63) is 12.2 Å². The van der Waals surface area contributed by atoms with Crippen molar-refractivity contribution in [2.75, 3.05) is 6.61 Å². The zero-order chi connectivity index (χ0) is 27.2. The maximum absolute atomic E-state index is 6.87. The second kappa shape index (κ2) is 12.9. The quantitative estimate of drug-likeness (QED) is 0.0658. The fourth-order valence-corrected chi connectivity index (χ4v) is 6.43. The number of nitrogens with zero attached hydrogens (tertiary/aromatic N) is 1. The number of hydrogen-bond acceptors (Lipinski definition) is 5. The van der Waals surface area contributed by atoms with E-state index in [1.165, 1.54) is 5.57 Å². The summed E-state index contributed by atoms with van der Waals surface area (Å²) in [4.78, 5) is 0. The van der Waals surface area contributed by atoms with Crippen LogP contribution in [0.25, 0.3) is 0 Å². The maximum Gasteiger partial charge on any atom is 0.192 e. The normalized spacial score (nSPS) is 22.5. The third-order valence-corrected chi connectivity index (χ3v) is 17.9. The molecule has 0 radical (unpaired) electrons. The van der Waals surface area contributed by atoms with E-state index in [2.05, 4.69) is 86.3 Å². The standard InChI is InChI=1S/C28H58N2O3Si2/c1-21(23(3)30-29)19-25(33-35(12,13)28(7,8)9)16-17-26-22(2)20-24(32-26)15-14-18-31-34(10,11)27(4,5)6/h21,24-26H,2,14-20,29H2,1,3-13H3/t21-,24+,25-,26+/m1/s1. The summed E-state index contributed by atoms with van der Waals surface area (Å²) < 4.78 is 19.7. The van der Waals surface area contributed by atoms with Gasteiger partial charge in [0, 0.05) is 18.4 Å². The highest BCUT2D eigenvalue weighted by molar-refractivity contribution is 6.74. The number of hydrazone groups is 1. The number of rotatable bonds is 13. The zero-order valence-electron chi connectivity index (χ0n) is 25.2. The number of hydrogen-bond donors (Lipinski definition) is 1. The first kappa shape index (κ1) is 32.6. The average Bonchev–Trinajstić information content (AvgIpc) is 3.06. The molecule has 0 saturated carbocycles. The zero-order valence-corrected chi connectivity index (χ0v) is 27.2. The second-order valence-electron chi connectivity index (χ2n) is 13.8. The molecule has 0 spiro atoms. The lowest BCUT2D eigenvalue weighted by molar-refractivity contribution is 0.0307. The molecule has 4 atom stereocenters. The maximum atomic E-state index is 6.87. The fourth-order valence-electron chi connectivity index (χ4n) is 3.95. The van der Waals surface area contributed by atoms with Crippen LogP contribution in [0.1, 0.15) is 93.9 Å². The molecule has 206 valence electrons. The molecular weight excluding hydrogens is 468 g/mol. The summed E-state index contributed by atoms with van der Waals surface area (Å²) in [5.41, 5.74) is 2.22. The van der Waals surface area contributed by atoms with E-state index in [0.717, 1.165) is 50.8 Å². The highest BCUT2D eigenvalue weighted by Crippen LogP contribution is 2.40. The van der Waals surface area contributed by atoms with Gasteiger partial charge in [0.1, 0.15) is 0 Å². The van der Waals surface area contributed by atoms with Crippen molar-refractivity contribution < 1.29 is 13.6 Å². The van der Waals surface area contributed by atoms with Crippen LogP contribution < -0.4 is 5.84 Å². The van der Waals surface area contributed by atoms with E-state index >= 15 is 0 Å². The Hall–Kier alpha value is -0.476. The summed E-state index contributed by atoms with van der Waals surface area (Å²) in [6.07, 6.45) is 6.49. The molecule has 1 rings (SSSR count). The molecular formula is C28H58N2O3Si2. The third kappa shape index (κ3) is 10.1. The van der Waals surface area contributed by atoms with Gasteiger partial charge in [-0.05, 0) is 93.2 Å². The Kier molecular flexibility index (Phi) is 12.0. The molecule has 1 aliphatic heterocycles. The van der Waals surface area contributed by atoms with Crippen LogP contribution in [0, 0.1) is 5.92 Å². The Bertz CT molecular complexity index is 708. The number of nitrogens with two attached hydrogens (primary N) is 1. The van der Waals surface area contributed by atoms with Crippen molar-refractivity contribution >= 4 is 22.3 Å². The summed E-state index contributed by atoms with van der Waals surface area (Å²) >= 11 is 0. The van der Waals surface area contributed by atoms with Gasteiger partial charge < -0.3 is 19.4 Å². The molecule has 1 heterocycles. The predicted molar refractivity (Wildman–Crippen MR) is 157 cm³/mol. The second-order valence-corrected chi connectivity index (χ2v) is 23.4. The van der Waals surface area contributed by atoms with Crippen LogP contribution in [0.3, 0.4) is 0 Å². The van der Waals surface area contributed by atoms with Crippen LogP contribution in [0.5, 0.6) is 0 Å². The molecule has 35 heavy (non-hydrogen) atoms. The Balaban J connectivity index is 2.66. The molecule has 0 aromatic rings. The topological polar surface area (TPSA) is 66.1 Å². The van der Waals surface area contributed by atoms with Crippen molar-refractivity contribution in [3.63, 3.8) is 0 Å². The Morgan fingerprint density at radius 1 is 1.09 bits per heavy atom. The van der Waals surface area contributed by atoms with Gasteiger partial charge in [0.05, 0.1) is 12.2 Å². The SMILES string of the molecule is C=C1C[C@H](CCCO[Si](C)(C)C(C)(C)C)O[C@H]1CC[C@H](C[C@@H](C)C(C)=NN)O[Si](C)(C)C(C)(C)C. The van der Waals surface area contributed by atoms with Gasteiger partial charge in [-0.3, -0.25) is 0 Å². The Morgan fingerprint density at radius 3 is 2.17 bits per heavy atom. The fraction of sp³-hybridized carbons (Fsp3) is 0.893. The van der Waals surface area contributed by atoms with E-state index in [9.17, 15) is 0 Å². The van der Waals surface area contributed by atoms with Crippen LogP contribution in [-0.2, 0) is 13.6 Å². The van der Waals surface area contributed by atoms with E-state index in [1.54, 1.807) is 0 Å². The van der Waals surface area contributed by atoms with E-state index in [0.29, 0.717) is 5.92 Å². The van der Waals surface area contributed by atoms with Gasteiger partial charge in [0.15, 0.2) is 16.6 Å². The minimum atomic E-state index is -1.88. The minimum absolute atomic E-state index is 0.131. The van der Waals surface area contributed by atoms with Crippen LogP contribution in [0.15, 0.2) is 17.3 Å². The van der Waals surface area contributed by atoms with E-state index in [-0.39, 0.29) is 28.4 Å². The van der Waals surface area contributed by atoms with Gasteiger partial charge in [0.25, 0.3) is 0 Å². The van der Waals surface area contributed by atoms with Crippen molar-refractivity contribution in [1.29, 1.82) is 0 Å². The third-order valence-electron chi connectivity index (χ3n) is 8.79. The van der Waals surface area contributed by atoms with Gasteiger partial charge >= 0.3 is 0 Å². The minimum Gasteiger partial charge on any atom is -0.417 e. The van der Waals surface area contributed by atoms with Crippen molar-refractivity contribution in [3.8, 4) is 0 Å². The first-order valence-electron chi connectivity index (χ1n) is 13.7. The monoisotopic (exact) mass is 526 g/mol. The molecule has 5 nitrogen and oxygen atoms in total. The molecule has 0 amide bonds. The van der Waals surface area contributed by atoms with Crippen LogP contribution in [-0.4, -0.2) is 47.3 Å². The molecule has 0 aliphatic carbocycles. The molecule has 0 unspecified atom stereocenters. The molecule has 2 N–H and O–H groups in total. The average molecular weight is 527 g/mol. The van der Waals surface area contributed by atoms with Gasteiger partial charge in [-0.25, -0.2) is 0 Å². The lowest BCUT2D eigenvalue weighted by atomic mass is 9.95. The molecule has 0 aromatic carbocycles. The van der Waals surface area contributed by atoms with Crippen molar-refractivity contribution in [1.82, 2.24) is 0 Å². The first-order chi connectivity index (χ1) is 15.8. The van der Waals surface area contributed by atoms with Crippen molar-refractivity contribution in [2.45, 2.75) is 148 Å². The summed E-state index contributed by atoms with van der Waals surface area (Å²) in [5, 5.41) is 4.37. The summed E-state index contributed by atoms with van der Waals surface area (Å²) in [7, 11) is -3.56. The van der Waals surface area contributed by atoms with E-state index < -0.39 is 16.6 Å². The molecule has 0 aromatic heterocycles. The molecule has 7 heteroatoms. The molecule has 1 saturated heterocycles. The lowest BCUT2D eigenvalue weighted by Gasteiger charge is -2.40. The van der Waals surface area contributed by atoms with Gasteiger partial charge in [0.2, 0.25) is 0 Å². The van der Waals surface area contributed by atoms with Crippen LogP contribution in [0.4, 0.5) is 0 Å². The smallest absolute Gasteiger partial charge is 0.192 e. The van der Waals surface area contributed by atoms with E-state index in [4.69, 9.17) is 19.4 Å². The van der Waals surface area contributed by atoms with Crippen LogP contribution in [0.2, 0.25) is 36.3 Å². The summed E-state index contributed by atoms with van der Waals surface area (Å²) in [6.45, 7) is 32.5. The highest BCUT2D eigenvalue weighted by atomic mass is 28.4. The van der Waals surface area contributed by atoms with E-state index in [1.807, 2.05) is 6.92 Å². The van der Waals surface area contributed by atoms with Crippen LogP contribution >= 0.6 is 0 Å². The number of ether oxygens (including phenoxy) is 1. The first-order valence-corrected chi connectivity index (χ1v) is 19.5. The Morgan fingerprint density at radius 2 is 1.66 bits per heavy atom. The summed E-state index contributed by atoms with van der Waals surface area (Å²) in [5.74, 6) is 5.87. The highest BCUT2D eigenvalue weighted by Gasteiger charge is 2.40. The summed E-state index contributed by atoms with van der Waals surface area (Å²) in [6, 6.07) is 0. The molecule has 1 fully saturated rings.